The third kappa shape index (κ3) is 6.28. The maximum Gasteiger partial charge on any atom is 0.220 e. The summed E-state index contributed by atoms with van der Waals surface area (Å²) in [5.74, 6) is 1.36. The van der Waals surface area contributed by atoms with Gasteiger partial charge in [-0.1, -0.05) is 22.0 Å². The molecule has 6 heteroatoms. The lowest BCUT2D eigenvalue weighted by Gasteiger charge is -2.07. The fraction of sp³-hybridized carbons (Fsp3) is 0.294. The Kier molecular flexibility index (Phi) is 6.87. The summed E-state index contributed by atoms with van der Waals surface area (Å²) >= 11 is 3.37. The van der Waals surface area contributed by atoms with Gasteiger partial charge in [0.2, 0.25) is 11.8 Å². The first-order chi connectivity index (χ1) is 11.2. The molecule has 1 aromatic heterocycles. The molecule has 2 aromatic rings. The highest BCUT2D eigenvalue weighted by atomic mass is 79.9. The topological polar surface area (TPSA) is 60.5 Å². The molecular formula is C17H19BrN2O3. The lowest BCUT2D eigenvalue weighted by molar-refractivity contribution is -0.121. The third-order valence-electron chi connectivity index (χ3n) is 3.13. The number of amides is 1. The zero-order valence-corrected chi connectivity index (χ0v) is 14.5. The Balaban J connectivity index is 1.62. The Morgan fingerprint density at radius 3 is 2.65 bits per heavy atom. The summed E-state index contributed by atoms with van der Waals surface area (Å²) in [4.78, 5) is 15.9. The number of rotatable bonds is 8. The van der Waals surface area contributed by atoms with E-state index >= 15 is 0 Å². The molecule has 1 aromatic carbocycles. The number of nitrogens with one attached hydrogen (secondary N) is 1. The van der Waals surface area contributed by atoms with Crippen molar-refractivity contribution in [2.24, 2.45) is 0 Å². The molecule has 0 fully saturated rings. The van der Waals surface area contributed by atoms with Gasteiger partial charge in [0.05, 0.1) is 13.7 Å². The van der Waals surface area contributed by atoms with Gasteiger partial charge >= 0.3 is 0 Å². The van der Waals surface area contributed by atoms with Crippen molar-refractivity contribution >= 4 is 21.8 Å². The van der Waals surface area contributed by atoms with Crippen molar-refractivity contribution in [1.29, 1.82) is 0 Å². The molecule has 0 aliphatic heterocycles. The summed E-state index contributed by atoms with van der Waals surface area (Å²) in [7, 11) is 1.57. The Morgan fingerprint density at radius 1 is 1.22 bits per heavy atom. The molecule has 1 heterocycles. The van der Waals surface area contributed by atoms with Crippen molar-refractivity contribution in [2.45, 2.75) is 19.4 Å². The van der Waals surface area contributed by atoms with Crippen molar-refractivity contribution in [3.05, 3.63) is 52.6 Å². The smallest absolute Gasteiger partial charge is 0.220 e. The maximum atomic E-state index is 11.8. The number of benzene rings is 1. The summed E-state index contributed by atoms with van der Waals surface area (Å²) in [6, 6.07) is 11.3. The molecule has 1 amide bonds. The number of nitrogens with zero attached hydrogens (tertiary/aromatic N) is 1. The molecule has 0 unspecified atom stereocenters. The Morgan fingerprint density at radius 2 is 2.00 bits per heavy atom. The van der Waals surface area contributed by atoms with Gasteiger partial charge in [0.15, 0.2) is 0 Å². The standard InChI is InChI=1S/C17H19BrN2O3/c1-22-17-9-4-13(12-20-17)11-19-16(21)3-2-10-23-15-7-5-14(18)6-8-15/h4-9,12H,2-3,10-11H2,1H3,(H,19,21). The molecular weight excluding hydrogens is 360 g/mol. The first-order valence-corrected chi connectivity index (χ1v) is 8.10. The fourth-order valence-electron chi connectivity index (χ4n) is 1.88. The minimum absolute atomic E-state index is 0.000208. The van der Waals surface area contributed by atoms with Crippen molar-refractivity contribution in [1.82, 2.24) is 10.3 Å². The molecule has 0 radical (unpaired) electrons. The van der Waals surface area contributed by atoms with Crippen molar-refractivity contribution < 1.29 is 14.3 Å². The van der Waals surface area contributed by atoms with Gasteiger partial charge in [-0.05, 0) is 36.2 Å². The van der Waals surface area contributed by atoms with Crippen molar-refractivity contribution in [3.63, 3.8) is 0 Å². The quantitative estimate of drug-likeness (QED) is 0.715. The van der Waals surface area contributed by atoms with Gasteiger partial charge < -0.3 is 14.8 Å². The fourth-order valence-corrected chi connectivity index (χ4v) is 2.14. The first kappa shape index (κ1) is 17.3. The molecule has 0 atom stereocenters. The van der Waals surface area contributed by atoms with E-state index in [1.54, 1.807) is 19.4 Å². The van der Waals surface area contributed by atoms with Crippen LogP contribution in [-0.2, 0) is 11.3 Å². The van der Waals surface area contributed by atoms with Gasteiger partial charge in [0, 0.05) is 29.7 Å². The molecule has 2 rings (SSSR count). The normalized spacial score (nSPS) is 10.2. The molecule has 0 saturated carbocycles. The number of carbonyl (C=O) groups excluding carboxylic acids is 1. The van der Waals surface area contributed by atoms with E-state index in [0.29, 0.717) is 31.9 Å². The summed E-state index contributed by atoms with van der Waals surface area (Å²) in [5, 5.41) is 2.86. The van der Waals surface area contributed by atoms with E-state index in [2.05, 4.69) is 26.2 Å². The lowest BCUT2D eigenvalue weighted by atomic mass is 10.2. The largest absolute Gasteiger partial charge is 0.494 e. The zero-order chi connectivity index (χ0) is 16.5. The van der Waals surface area contributed by atoms with Gasteiger partial charge in [-0.3, -0.25) is 4.79 Å². The van der Waals surface area contributed by atoms with E-state index < -0.39 is 0 Å². The van der Waals surface area contributed by atoms with Gasteiger partial charge in [-0.25, -0.2) is 4.98 Å². The Labute approximate surface area is 144 Å². The van der Waals surface area contributed by atoms with Crippen LogP contribution in [0.4, 0.5) is 0 Å². The van der Waals surface area contributed by atoms with E-state index in [1.807, 2.05) is 30.3 Å². The highest BCUT2D eigenvalue weighted by Crippen LogP contribution is 2.16. The predicted octanol–water partition coefficient (Wildman–Crippen LogP) is 3.33. The number of carbonyl (C=O) groups is 1. The van der Waals surface area contributed by atoms with Gasteiger partial charge in [0.1, 0.15) is 5.75 Å². The molecule has 1 N–H and O–H groups in total. The number of methoxy groups -OCH3 is 1. The zero-order valence-electron chi connectivity index (χ0n) is 12.9. The first-order valence-electron chi connectivity index (χ1n) is 7.31. The SMILES string of the molecule is COc1ccc(CNC(=O)CCCOc2ccc(Br)cc2)cn1. The molecule has 0 saturated heterocycles. The molecule has 23 heavy (non-hydrogen) atoms. The lowest BCUT2D eigenvalue weighted by Crippen LogP contribution is -2.23. The number of hydrogen-bond acceptors (Lipinski definition) is 4. The van der Waals surface area contributed by atoms with E-state index in [1.165, 1.54) is 0 Å². The van der Waals surface area contributed by atoms with Crippen LogP contribution in [0.5, 0.6) is 11.6 Å². The average Bonchev–Trinajstić information content (AvgIpc) is 2.59. The van der Waals surface area contributed by atoms with E-state index in [9.17, 15) is 4.79 Å². The van der Waals surface area contributed by atoms with E-state index in [4.69, 9.17) is 9.47 Å². The van der Waals surface area contributed by atoms with E-state index in [-0.39, 0.29) is 5.91 Å². The van der Waals surface area contributed by atoms with Crippen LogP contribution in [0.3, 0.4) is 0 Å². The Hall–Kier alpha value is -2.08. The molecule has 0 spiro atoms. The second-order valence-corrected chi connectivity index (χ2v) is 5.81. The molecule has 0 aliphatic carbocycles. The van der Waals surface area contributed by atoms with Crippen LogP contribution in [0, 0.1) is 0 Å². The van der Waals surface area contributed by atoms with Crippen LogP contribution >= 0.6 is 15.9 Å². The van der Waals surface area contributed by atoms with Crippen LogP contribution in [0.1, 0.15) is 18.4 Å². The van der Waals surface area contributed by atoms with Crippen molar-refractivity contribution in [3.8, 4) is 11.6 Å². The van der Waals surface area contributed by atoms with Gasteiger partial charge in [-0.15, -0.1) is 0 Å². The monoisotopic (exact) mass is 378 g/mol. The van der Waals surface area contributed by atoms with Crippen LogP contribution in [0.25, 0.3) is 0 Å². The summed E-state index contributed by atoms with van der Waals surface area (Å²) < 4.78 is 11.6. The number of halogens is 1. The number of ether oxygens (including phenoxy) is 2. The summed E-state index contributed by atoms with van der Waals surface area (Å²) in [6.07, 6.45) is 2.79. The van der Waals surface area contributed by atoms with Gasteiger partial charge in [0.25, 0.3) is 0 Å². The highest BCUT2D eigenvalue weighted by molar-refractivity contribution is 9.10. The second kappa shape index (κ2) is 9.15. The minimum atomic E-state index is 0.000208. The van der Waals surface area contributed by atoms with Crippen molar-refractivity contribution in [2.75, 3.05) is 13.7 Å². The molecule has 0 bridgehead atoms. The Bertz CT molecular complexity index is 615. The third-order valence-corrected chi connectivity index (χ3v) is 3.66. The van der Waals surface area contributed by atoms with Crippen LogP contribution in [0.15, 0.2) is 47.1 Å². The second-order valence-electron chi connectivity index (χ2n) is 4.89. The average molecular weight is 379 g/mol. The molecule has 122 valence electrons. The highest BCUT2D eigenvalue weighted by Gasteiger charge is 2.03. The van der Waals surface area contributed by atoms with Crippen LogP contribution in [-0.4, -0.2) is 24.6 Å². The maximum absolute atomic E-state index is 11.8. The number of aromatic nitrogens is 1. The predicted molar refractivity (Wildman–Crippen MR) is 91.5 cm³/mol. The summed E-state index contributed by atoms with van der Waals surface area (Å²) in [5.41, 5.74) is 0.935. The molecule has 5 nitrogen and oxygen atoms in total. The van der Waals surface area contributed by atoms with Crippen LogP contribution < -0.4 is 14.8 Å². The number of pyridine rings is 1. The number of hydrogen-bond donors (Lipinski definition) is 1. The van der Waals surface area contributed by atoms with Crippen LogP contribution in [0.2, 0.25) is 0 Å². The minimum Gasteiger partial charge on any atom is -0.494 e. The van der Waals surface area contributed by atoms with Gasteiger partial charge in [-0.2, -0.15) is 0 Å². The molecule has 0 aliphatic rings. The summed E-state index contributed by atoms with van der Waals surface area (Å²) in [6.45, 7) is 0.975. The van der Waals surface area contributed by atoms with E-state index in [0.717, 1.165) is 15.8 Å².